The van der Waals surface area contributed by atoms with Crippen LogP contribution in [0.2, 0.25) is 0 Å². The van der Waals surface area contributed by atoms with Gasteiger partial charge in [-0.3, -0.25) is 0 Å². The first kappa shape index (κ1) is 22.5. The number of alkyl halides is 4. The highest BCUT2D eigenvalue weighted by Gasteiger charge is 2.43. The van der Waals surface area contributed by atoms with Crippen LogP contribution in [0.1, 0.15) is 56.9 Å². The minimum Gasteiger partial charge on any atom is -0.446 e. The van der Waals surface area contributed by atoms with Crippen LogP contribution < -0.4 is 4.74 Å². The third-order valence-corrected chi connectivity index (χ3v) is 5.74. The quantitative estimate of drug-likeness (QED) is 0.423. The van der Waals surface area contributed by atoms with Crippen molar-refractivity contribution in [1.82, 2.24) is 0 Å². The van der Waals surface area contributed by atoms with E-state index in [2.05, 4.69) is 11.7 Å². The van der Waals surface area contributed by atoms with Crippen molar-refractivity contribution >= 4 is 0 Å². The lowest BCUT2D eigenvalue weighted by Crippen LogP contribution is -2.30. The van der Waals surface area contributed by atoms with E-state index in [1.54, 1.807) is 12.1 Å². The van der Waals surface area contributed by atoms with Crippen LogP contribution in [0.15, 0.2) is 36.4 Å². The molecular formula is C23H24F6O. The van der Waals surface area contributed by atoms with E-state index in [1.165, 1.54) is 31.2 Å². The Morgan fingerprint density at radius 1 is 0.933 bits per heavy atom. The molecule has 164 valence electrons. The fourth-order valence-corrected chi connectivity index (χ4v) is 4.15. The van der Waals surface area contributed by atoms with Crippen molar-refractivity contribution in [1.29, 1.82) is 0 Å². The van der Waals surface area contributed by atoms with Gasteiger partial charge in [0.2, 0.25) is 0 Å². The van der Waals surface area contributed by atoms with Crippen LogP contribution in [0.25, 0.3) is 11.1 Å². The lowest BCUT2D eigenvalue weighted by atomic mass is 9.77. The summed E-state index contributed by atoms with van der Waals surface area (Å²) in [4.78, 5) is 0. The average molecular weight is 430 g/mol. The highest BCUT2D eigenvalue weighted by atomic mass is 19.4. The van der Waals surface area contributed by atoms with E-state index in [0.29, 0.717) is 11.5 Å². The van der Waals surface area contributed by atoms with E-state index in [0.717, 1.165) is 30.9 Å². The zero-order valence-corrected chi connectivity index (χ0v) is 16.6. The Bertz CT molecular complexity index is 815. The van der Waals surface area contributed by atoms with Gasteiger partial charge >= 0.3 is 12.5 Å². The van der Waals surface area contributed by atoms with Gasteiger partial charge in [-0.05, 0) is 66.3 Å². The minimum atomic E-state index is -5.37. The number of rotatable bonds is 6. The summed E-state index contributed by atoms with van der Waals surface area (Å²) in [7, 11) is 0. The summed E-state index contributed by atoms with van der Waals surface area (Å²) < 4.78 is 81.8. The molecule has 0 radical (unpaired) electrons. The summed E-state index contributed by atoms with van der Waals surface area (Å²) in [6.45, 7) is 2.20. The van der Waals surface area contributed by atoms with Crippen LogP contribution in [0.4, 0.5) is 26.3 Å². The molecule has 0 amide bonds. The van der Waals surface area contributed by atoms with Crippen molar-refractivity contribution in [2.45, 2.75) is 63.9 Å². The average Bonchev–Trinajstić information content (AvgIpc) is 2.70. The van der Waals surface area contributed by atoms with Crippen molar-refractivity contribution in [3.63, 3.8) is 0 Å². The van der Waals surface area contributed by atoms with Crippen molar-refractivity contribution in [2.75, 3.05) is 0 Å². The van der Waals surface area contributed by atoms with E-state index < -0.39 is 29.9 Å². The Morgan fingerprint density at radius 2 is 1.50 bits per heavy atom. The molecular weight excluding hydrogens is 406 g/mol. The highest BCUT2D eigenvalue weighted by Crippen LogP contribution is 2.38. The zero-order chi connectivity index (χ0) is 21.9. The molecule has 1 aliphatic rings. The Labute approximate surface area is 172 Å². The van der Waals surface area contributed by atoms with Gasteiger partial charge in [0.15, 0.2) is 17.4 Å². The molecule has 2 aromatic rings. The van der Waals surface area contributed by atoms with Gasteiger partial charge in [0.25, 0.3) is 0 Å². The molecule has 1 saturated carbocycles. The van der Waals surface area contributed by atoms with E-state index in [-0.39, 0.29) is 5.56 Å². The van der Waals surface area contributed by atoms with Crippen LogP contribution in [0.3, 0.4) is 0 Å². The van der Waals surface area contributed by atoms with Gasteiger partial charge in [-0.25, -0.2) is 8.78 Å². The van der Waals surface area contributed by atoms with Gasteiger partial charge in [-0.15, -0.1) is 0 Å². The lowest BCUT2D eigenvalue weighted by molar-refractivity contribution is -0.237. The fraction of sp³-hybridized carbons (Fsp3) is 0.478. The molecule has 1 atom stereocenters. The van der Waals surface area contributed by atoms with Crippen LogP contribution in [-0.2, 0) is 0 Å². The number of ether oxygens (including phenoxy) is 1. The second-order valence-corrected chi connectivity index (χ2v) is 7.87. The third kappa shape index (κ3) is 5.29. The molecule has 0 bridgehead atoms. The summed E-state index contributed by atoms with van der Waals surface area (Å²) >= 11 is 0. The number of halogens is 6. The Morgan fingerprint density at radius 3 is 2.00 bits per heavy atom. The third-order valence-electron chi connectivity index (χ3n) is 5.74. The first-order chi connectivity index (χ1) is 14.2. The first-order valence-corrected chi connectivity index (χ1v) is 10.2. The molecule has 1 aliphatic carbocycles. The Hall–Kier alpha value is -2.18. The molecule has 0 saturated heterocycles. The zero-order valence-electron chi connectivity index (χ0n) is 16.6. The van der Waals surface area contributed by atoms with Crippen LogP contribution >= 0.6 is 0 Å². The van der Waals surface area contributed by atoms with Gasteiger partial charge in [0.1, 0.15) is 0 Å². The molecule has 1 unspecified atom stereocenters. The summed E-state index contributed by atoms with van der Waals surface area (Å²) in [5, 5.41) is 0. The number of benzene rings is 2. The van der Waals surface area contributed by atoms with Gasteiger partial charge in [-0.2, -0.15) is 17.6 Å². The van der Waals surface area contributed by atoms with Gasteiger partial charge < -0.3 is 4.74 Å². The van der Waals surface area contributed by atoms with Crippen LogP contribution in [-0.4, -0.2) is 12.5 Å². The second kappa shape index (κ2) is 9.31. The SMILES string of the molecule is CCCC1CCC(c2ccc(-c3cc(F)c(OC(F)C(F)(F)F)c(F)c3)cc2)CC1. The maximum atomic E-state index is 14.1. The summed E-state index contributed by atoms with van der Waals surface area (Å²) in [6.07, 6.45) is -2.09. The second-order valence-electron chi connectivity index (χ2n) is 7.87. The van der Waals surface area contributed by atoms with Gasteiger partial charge in [0.05, 0.1) is 0 Å². The van der Waals surface area contributed by atoms with Crippen LogP contribution in [0.5, 0.6) is 5.75 Å². The molecule has 0 aromatic heterocycles. The molecule has 7 heteroatoms. The monoisotopic (exact) mass is 430 g/mol. The van der Waals surface area contributed by atoms with Gasteiger partial charge in [0, 0.05) is 0 Å². The normalized spacial score (nSPS) is 20.8. The molecule has 2 aromatic carbocycles. The van der Waals surface area contributed by atoms with Crippen molar-refractivity contribution in [2.24, 2.45) is 5.92 Å². The number of hydrogen-bond donors (Lipinski definition) is 0. The maximum absolute atomic E-state index is 14.1. The lowest BCUT2D eigenvalue weighted by Gasteiger charge is -2.28. The van der Waals surface area contributed by atoms with Crippen molar-refractivity contribution in [3.05, 3.63) is 53.6 Å². The molecule has 0 spiro atoms. The topological polar surface area (TPSA) is 9.23 Å². The molecule has 1 nitrogen and oxygen atoms in total. The number of hydrogen-bond acceptors (Lipinski definition) is 1. The fourth-order valence-electron chi connectivity index (χ4n) is 4.15. The van der Waals surface area contributed by atoms with E-state index in [9.17, 15) is 26.3 Å². The highest BCUT2D eigenvalue weighted by molar-refractivity contribution is 5.65. The van der Waals surface area contributed by atoms with Gasteiger partial charge in [-0.1, -0.05) is 44.0 Å². The largest absolute Gasteiger partial charge is 0.457 e. The first-order valence-electron chi connectivity index (χ1n) is 10.2. The minimum absolute atomic E-state index is 0.137. The summed E-state index contributed by atoms with van der Waals surface area (Å²) in [5.41, 5.74) is 1.81. The summed E-state index contributed by atoms with van der Waals surface area (Å²) in [5.74, 6) is -2.92. The standard InChI is InChI=1S/C23H24F6O/c1-2-3-14-4-6-15(7-5-14)16-8-10-17(11-9-16)18-12-19(24)21(20(25)13-18)30-22(26)23(27,28)29/h8-15,22H,2-7H2,1H3. The van der Waals surface area contributed by atoms with E-state index in [1.807, 2.05) is 12.1 Å². The smallest absolute Gasteiger partial charge is 0.446 e. The Kier molecular flexibility index (Phi) is 6.98. The van der Waals surface area contributed by atoms with Crippen molar-refractivity contribution in [3.8, 4) is 16.9 Å². The molecule has 0 heterocycles. The van der Waals surface area contributed by atoms with Crippen molar-refractivity contribution < 1.29 is 31.1 Å². The molecule has 30 heavy (non-hydrogen) atoms. The van der Waals surface area contributed by atoms with Crippen LogP contribution in [0, 0.1) is 17.6 Å². The molecule has 0 aliphatic heterocycles. The van der Waals surface area contributed by atoms with E-state index in [4.69, 9.17) is 0 Å². The predicted octanol–water partition coefficient (Wildman–Crippen LogP) is 7.94. The Balaban J connectivity index is 1.72. The summed E-state index contributed by atoms with van der Waals surface area (Å²) in [6, 6.07) is 8.98. The molecule has 1 fully saturated rings. The predicted molar refractivity (Wildman–Crippen MR) is 103 cm³/mol. The molecule has 3 rings (SSSR count). The van der Waals surface area contributed by atoms with E-state index >= 15 is 0 Å². The molecule has 0 N–H and O–H groups in total. The maximum Gasteiger partial charge on any atom is 0.457 e.